The van der Waals surface area contributed by atoms with E-state index in [-0.39, 0.29) is 5.84 Å². The highest BCUT2D eigenvalue weighted by atomic mass is 35.5. The highest BCUT2D eigenvalue weighted by Crippen LogP contribution is 2.37. The number of amidine groups is 1. The molecule has 0 bridgehead atoms. The molecule has 1 aliphatic heterocycles. The molecule has 2 rings (SSSR count). The lowest BCUT2D eigenvalue weighted by Gasteiger charge is -2.40. The molecule has 4 heteroatoms. The molecule has 0 saturated carbocycles. The number of nitrogen functional groups attached to an aromatic ring is 1. The van der Waals surface area contributed by atoms with Crippen molar-refractivity contribution in [3.8, 4) is 0 Å². The smallest absolute Gasteiger partial charge is 0.126 e. The number of nitrogens with two attached hydrogens (primary N) is 1. The second-order valence-corrected chi connectivity index (χ2v) is 6.11. The van der Waals surface area contributed by atoms with Crippen molar-refractivity contribution in [1.29, 1.82) is 5.41 Å². The molecule has 1 aromatic carbocycles. The van der Waals surface area contributed by atoms with Gasteiger partial charge < -0.3 is 10.6 Å². The monoisotopic (exact) mass is 279 g/mol. The Balaban J connectivity index is 2.25. The average Bonchev–Trinajstić information content (AvgIpc) is 2.39. The van der Waals surface area contributed by atoms with E-state index in [2.05, 4.69) is 18.7 Å². The Kier molecular flexibility index (Phi) is 4.04. The summed E-state index contributed by atoms with van der Waals surface area (Å²) in [5.41, 5.74) is 7.79. The summed E-state index contributed by atoms with van der Waals surface area (Å²) in [6.07, 6.45) is 3.57. The van der Waals surface area contributed by atoms with Gasteiger partial charge in [0.15, 0.2) is 0 Å². The Morgan fingerprint density at radius 3 is 2.58 bits per heavy atom. The van der Waals surface area contributed by atoms with Crippen LogP contribution in [-0.4, -0.2) is 18.9 Å². The summed E-state index contributed by atoms with van der Waals surface area (Å²) >= 11 is 6.18. The Morgan fingerprint density at radius 2 is 2.05 bits per heavy atom. The molecule has 0 amide bonds. The Bertz CT molecular complexity index is 476. The molecule has 0 aromatic heterocycles. The predicted octanol–water partition coefficient (Wildman–Crippen LogP) is 3.64. The summed E-state index contributed by atoms with van der Waals surface area (Å²) in [5.74, 6) is 0.0458. The minimum atomic E-state index is 0.0458. The van der Waals surface area contributed by atoms with Gasteiger partial charge in [-0.15, -0.1) is 0 Å². The third kappa shape index (κ3) is 2.86. The lowest BCUT2D eigenvalue weighted by Crippen LogP contribution is -2.39. The SMILES string of the molecule is CCC1(C)CCN(c2cccc(Cl)c2C(=N)N)CC1. The lowest BCUT2D eigenvalue weighted by molar-refractivity contribution is 0.238. The van der Waals surface area contributed by atoms with Gasteiger partial charge in [0.05, 0.1) is 10.6 Å². The van der Waals surface area contributed by atoms with Crippen LogP contribution in [0.15, 0.2) is 18.2 Å². The summed E-state index contributed by atoms with van der Waals surface area (Å²) in [6, 6.07) is 5.73. The molecular weight excluding hydrogens is 258 g/mol. The zero-order valence-corrected chi connectivity index (χ0v) is 12.4. The number of nitrogens with zero attached hydrogens (tertiary/aromatic N) is 1. The van der Waals surface area contributed by atoms with Crippen LogP contribution in [0.4, 0.5) is 5.69 Å². The fraction of sp³-hybridized carbons (Fsp3) is 0.533. The molecular formula is C15H22ClN3. The summed E-state index contributed by atoms with van der Waals surface area (Å²) < 4.78 is 0. The van der Waals surface area contributed by atoms with Crippen LogP contribution in [0.25, 0.3) is 0 Å². The van der Waals surface area contributed by atoms with Crippen LogP contribution in [0.3, 0.4) is 0 Å². The van der Waals surface area contributed by atoms with E-state index in [1.807, 2.05) is 12.1 Å². The Morgan fingerprint density at radius 1 is 1.42 bits per heavy atom. The van der Waals surface area contributed by atoms with Gasteiger partial charge in [-0.2, -0.15) is 0 Å². The van der Waals surface area contributed by atoms with Crippen LogP contribution in [0.1, 0.15) is 38.7 Å². The number of hydrogen-bond donors (Lipinski definition) is 2. The van der Waals surface area contributed by atoms with Gasteiger partial charge in [-0.25, -0.2) is 0 Å². The normalized spacial score (nSPS) is 18.4. The quantitative estimate of drug-likeness (QED) is 0.656. The van der Waals surface area contributed by atoms with Gasteiger partial charge >= 0.3 is 0 Å². The van der Waals surface area contributed by atoms with Gasteiger partial charge in [0.2, 0.25) is 0 Å². The van der Waals surface area contributed by atoms with E-state index in [4.69, 9.17) is 22.7 Å². The van der Waals surface area contributed by atoms with Crippen LogP contribution in [0.2, 0.25) is 5.02 Å². The van der Waals surface area contributed by atoms with Crippen LogP contribution < -0.4 is 10.6 Å². The van der Waals surface area contributed by atoms with Crippen LogP contribution in [-0.2, 0) is 0 Å². The molecule has 104 valence electrons. The van der Waals surface area contributed by atoms with Gasteiger partial charge in [-0.3, -0.25) is 5.41 Å². The molecule has 0 spiro atoms. The number of hydrogen-bond acceptors (Lipinski definition) is 2. The van der Waals surface area contributed by atoms with Gasteiger partial charge in [0, 0.05) is 18.8 Å². The van der Waals surface area contributed by atoms with Crippen molar-refractivity contribution >= 4 is 23.1 Å². The van der Waals surface area contributed by atoms with E-state index in [0.717, 1.165) is 18.8 Å². The van der Waals surface area contributed by atoms with Crippen LogP contribution in [0.5, 0.6) is 0 Å². The largest absolute Gasteiger partial charge is 0.384 e. The number of anilines is 1. The molecule has 0 aliphatic carbocycles. The molecule has 1 aliphatic rings. The molecule has 1 saturated heterocycles. The van der Waals surface area contributed by atoms with E-state index in [9.17, 15) is 0 Å². The molecule has 0 unspecified atom stereocenters. The zero-order chi connectivity index (χ0) is 14.0. The Hall–Kier alpha value is -1.22. The summed E-state index contributed by atoms with van der Waals surface area (Å²) in [5, 5.41) is 8.28. The maximum atomic E-state index is 7.72. The first-order chi connectivity index (χ1) is 8.97. The first-order valence-corrected chi connectivity index (χ1v) is 7.22. The van der Waals surface area contributed by atoms with E-state index >= 15 is 0 Å². The standard InChI is InChI=1S/C15H22ClN3/c1-3-15(2)7-9-19(10-8-15)12-6-4-5-11(16)13(12)14(17)18/h4-6H,3,7-10H2,1-2H3,(H3,17,18). The minimum Gasteiger partial charge on any atom is -0.384 e. The number of rotatable bonds is 3. The molecule has 3 nitrogen and oxygen atoms in total. The first kappa shape index (κ1) is 14.2. The number of nitrogens with one attached hydrogen (secondary N) is 1. The number of benzene rings is 1. The number of piperidine rings is 1. The van der Waals surface area contributed by atoms with Crippen molar-refractivity contribution < 1.29 is 0 Å². The van der Waals surface area contributed by atoms with Crippen molar-refractivity contribution in [2.75, 3.05) is 18.0 Å². The first-order valence-electron chi connectivity index (χ1n) is 6.85. The van der Waals surface area contributed by atoms with E-state index < -0.39 is 0 Å². The average molecular weight is 280 g/mol. The van der Waals surface area contributed by atoms with Gasteiger partial charge in [-0.1, -0.05) is 37.9 Å². The van der Waals surface area contributed by atoms with Gasteiger partial charge in [0.1, 0.15) is 5.84 Å². The fourth-order valence-electron chi connectivity index (χ4n) is 2.68. The molecule has 3 N–H and O–H groups in total. The highest BCUT2D eigenvalue weighted by molar-refractivity contribution is 6.34. The third-order valence-electron chi connectivity index (χ3n) is 4.43. The predicted molar refractivity (Wildman–Crippen MR) is 82.3 cm³/mol. The van der Waals surface area contributed by atoms with Crippen LogP contribution in [0, 0.1) is 10.8 Å². The molecule has 1 aromatic rings. The maximum absolute atomic E-state index is 7.72. The molecule has 0 atom stereocenters. The molecule has 1 fully saturated rings. The lowest BCUT2D eigenvalue weighted by atomic mass is 9.78. The maximum Gasteiger partial charge on any atom is 0.126 e. The van der Waals surface area contributed by atoms with Crippen molar-refractivity contribution in [2.45, 2.75) is 33.1 Å². The third-order valence-corrected chi connectivity index (χ3v) is 4.74. The minimum absolute atomic E-state index is 0.0458. The van der Waals surface area contributed by atoms with E-state index in [1.165, 1.54) is 19.3 Å². The van der Waals surface area contributed by atoms with E-state index in [0.29, 0.717) is 16.0 Å². The summed E-state index contributed by atoms with van der Waals surface area (Å²) in [4.78, 5) is 2.31. The van der Waals surface area contributed by atoms with Gasteiger partial charge in [-0.05, 0) is 30.4 Å². The number of halogens is 1. The highest BCUT2D eigenvalue weighted by Gasteiger charge is 2.29. The van der Waals surface area contributed by atoms with Crippen molar-refractivity contribution in [3.05, 3.63) is 28.8 Å². The van der Waals surface area contributed by atoms with E-state index in [1.54, 1.807) is 6.07 Å². The van der Waals surface area contributed by atoms with Crippen molar-refractivity contribution in [2.24, 2.45) is 11.1 Å². The summed E-state index contributed by atoms with van der Waals surface area (Å²) in [6.45, 7) is 6.63. The van der Waals surface area contributed by atoms with Crippen LogP contribution >= 0.6 is 11.6 Å². The second-order valence-electron chi connectivity index (χ2n) is 5.70. The second kappa shape index (κ2) is 5.41. The molecule has 1 heterocycles. The van der Waals surface area contributed by atoms with Gasteiger partial charge in [0.25, 0.3) is 0 Å². The molecule has 0 radical (unpaired) electrons. The topological polar surface area (TPSA) is 53.1 Å². The summed E-state index contributed by atoms with van der Waals surface area (Å²) in [7, 11) is 0. The van der Waals surface area contributed by atoms with Crippen molar-refractivity contribution in [1.82, 2.24) is 0 Å². The van der Waals surface area contributed by atoms with Crippen molar-refractivity contribution in [3.63, 3.8) is 0 Å². The Labute approximate surface area is 120 Å². The molecule has 19 heavy (non-hydrogen) atoms. The zero-order valence-electron chi connectivity index (χ0n) is 11.7. The fourth-order valence-corrected chi connectivity index (χ4v) is 2.96.